The molecule has 1 N–H and O–H groups in total. The zero-order valence-electron chi connectivity index (χ0n) is 32.8. The van der Waals surface area contributed by atoms with Crippen LogP contribution in [0.25, 0.3) is 11.1 Å². The lowest BCUT2D eigenvalue weighted by molar-refractivity contribution is -0.156. The molecule has 0 fully saturated rings. The summed E-state index contributed by atoms with van der Waals surface area (Å²) in [5.74, 6) is 12.9. The number of carbonyl (C=O) groups excluding carboxylic acids is 1. The maximum absolute atomic E-state index is 12.1. The second-order valence-electron chi connectivity index (χ2n) is 12.7. The Bertz CT molecular complexity index is 2040. The topological polar surface area (TPSA) is 101 Å². The fourth-order valence-electron chi connectivity index (χ4n) is 5.40. The third kappa shape index (κ3) is 14.6. The molecule has 0 saturated heterocycles. The van der Waals surface area contributed by atoms with Crippen LogP contribution < -0.4 is 9.47 Å². The first-order valence-corrected chi connectivity index (χ1v) is 18.8. The Morgan fingerprint density at radius 3 is 1.39 bits per heavy atom. The van der Waals surface area contributed by atoms with Crippen LogP contribution in [0.15, 0.2) is 120 Å². The minimum atomic E-state index is -0.967. The minimum absolute atomic E-state index is 0.302. The van der Waals surface area contributed by atoms with Gasteiger partial charge in [0.2, 0.25) is 0 Å². The summed E-state index contributed by atoms with van der Waals surface area (Å²) in [7, 11) is 0. The standard InChI is InChI=1S/C48H50O8/c1-6-52-45(47(49)50)33-39-17-25-43(26-18-39)55-31-29-35(4)9-11-37-13-21-41(22-14-37)42-23-15-38(16-24-42)12-10-36(5)30-32-56-44-27-19-40(20-28-44)34-46(53-7-2)48(51)54-8-3/h13-30,45-46H,6-8,31-34H2,1-5H3,(H,49,50)/b35-29+,36-30+. The van der Waals surface area contributed by atoms with E-state index in [2.05, 4.69) is 47.9 Å². The first kappa shape index (κ1) is 42.7. The lowest BCUT2D eigenvalue weighted by atomic mass is 10.0. The molecule has 2 unspecified atom stereocenters. The summed E-state index contributed by atoms with van der Waals surface area (Å²) in [6, 6.07) is 31.3. The van der Waals surface area contributed by atoms with E-state index in [1.807, 2.05) is 106 Å². The van der Waals surface area contributed by atoms with Gasteiger partial charge in [0.1, 0.15) is 24.7 Å². The highest BCUT2D eigenvalue weighted by molar-refractivity contribution is 5.75. The maximum Gasteiger partial charge on any atom is 0.335 e. The average molecular weight is 755 g/mol. The number of hydrogen-bond acceptors (Lipinski definition) is 7. The molecule has 2 atom stereocenters. The van der Waals surface area contributed by atoms with E-state index in [0.29, 0.717) is 51.6 Å². The highest BCUT2D eigenvalue weighted by Crippen LogP contribution is 2.21. The predicted molar refractivity (Wildman–Crippen MR) is 220 cm³/mol. The predicted octanol–water partition coefficient (Wildman–Crippen LogP) is 8.65. The summed E-state index contributed by atoms with van der Waals surface area (Å²) in [6.45, 7) is 11.2. The van der Waals surface area contributed by atoms with Gasteiger partial charge in [0.15, 0.2) is 12.2 Å². The number of carboxylic acids is 1. The first-order valence-electron chi connectivity index (χ1n) is 18.8. The van der Waals surface area contributed by atoms with Crippen LogP contribution in [-0.4, -0.2) is 62.3 Å². The number of ether oxygens (including phenoxy) is 5. The van der Waals surface area contributed by atoms with Crippen molar-refractivity contribution in [3.63, 3.8) is 0 Å². The number of allylic oxidation sites excluding steroid dienone is 2. The van der Waals surface area contributed by atoms with E-state index < -0.39 is 18.2 Å². The number of rotatable bonds is 18. The van der Waals surface area contributed by atoms with Gasteiger partial charge in [-0.3, -0.25) is 0 Å². The first-order chi connectivity index (χ1) is 27.2. The molecule has 0 aliphatic rings. The average Bonchev–Trinajstić information content (AvgIpc) is 3.20. The normalized spacial score (nSPS) is 12.3. The van der Waals surface area contributed by atoms with Crippen molar-refractivity contribution in [2.45, 2.75) is 59.7 Å². The monoisotopic (exact) mass is 754 g/mol. The number of hydrogen-bond donors (Lipinski definition) is 1. The van der Waals surface area contributed by atoms with E-state index in [1.165, 1.54) is 0 Å². The zero-order chi connectivity index (χ0) is 40.1. The van der Waals surface area contributed by atoms with E-state index in [0.717, 1.165) is 50.3 Å². The number of aliphatic carboxylic acids is 1. The second kappa shape index (κ2) is 23.0. The SMILES string of the molecule is CCOC(=O)C(Cc1ccc(OC/C=C(\C)C#Cc2ccc(-c3ccc(C#C/C(C)=C/COc4ccc(CC(OCC)C(=O)O)cc4)cc3)cc2)cc1)OCC. The van der Waals surface area contributed by atoms with E-state index in [9.17, 15) is 14.7 Å². The Hall–Kier alpha value is -6.06. The molecule has 0 amide bonds. The lowest BCUT2D eigenvalue weighted by Gasteiger charge is -2.15. The van der Waals surface area contributed by atoms with Crippen molar-refractivity contribution in [3.8, 4) is 46.3 Å². The third-order valence-electron chi connectivity index (χ3n) is 8.44. The summed E-state index contributed by atoms with van der Waals surface area (Å²) in [6.07, 6.45) is 3.14. The summed E-state index contributed by atoms with van der Waals surface area (Å²) in [5.41, 5.74) is 7.66. The van der Waals surface area contributed by atoms with E-state index in [4.69, 9.17) is 23.7 Å². The van der Waals surface area contributed by atoms with Gasteiger partial charge in [0, 0.05) is 37.2 Å². The fourth-order valence-corrected chi connectivity index (χ4v) is 5.40. The molecule has 0 saturated carbocycles. The molecule has 0 spiro atoms. The van der Waals surface area contributed by atoms with Crippen LogP contribution in [0, 0.1) is 23.7 Å². The Balaban J connectivity index is 1.22. The molecule has 8 heteroatoms. The molecule has 8 nitrogen and oxygen atoms in total. The lowest BCUT2D eigenvalue weighted by Crippen LogP contribution is -2.28. The Kier molecular flexibility index (Phi) is 17.5. The van der Waals surface area contributed by atoms with Crippen LogP contribution in [0.4, 0.5) is 0 Å². The molecule has 56 heavy (non-hydrogen) atoms. The molecule has 0 aliphatic heterocycles. The van der Waals surface area contributed by atoms with Crippen LogP contribution in [0.3, 0.4) is 0 Å². The quantitative estimate of drug-likeness (QED) is 0.0797. The van der Waals surface area contributed by atoms with Crippen molar-refractivity contribution in [2.24, 2.45) is 0 Å². The largest absolute Gasteiger partial charge is 0.490 e. The van der Waals surface area contributed by atoms with Crippen LogP contribution in [0.1, 0.15) is 56.9 Å². The zero-order valence-corrected chi connectivity index (χ0v) is 32.8. The number of carbonyl (C=O) groups is 2. The van der Waals surface area contributed by atoms with Crippen molar-refractivity contribution >= 4 is 11.9 Å². The molecule has 4 aromatic rings. The number of benzene rings is 4. The molecule has 0 bridgehead atoms. The van der Waals surface area contributed by atoms with Crippen molar-refractivity contribution < 1.29 is 38.4 Å². The van der Waals surface area contributed by atoms with E-state index in [-0.39, 0.29) is 5.97 Å². The van der Waals surface area contributed by atoms with Crippen molar-refractivity contribution in [3.05, 3.63) is 143 Å². The van der Waals surface area contributed by atoms with Gasteiger partial charge < -0.3 is 28.8 Å². The van der Waals surface area contributed by atoms with E-state index in [1.54, 1.807) is 13.8 Å². The molecule has 0 aliphatic carbocycles. The van der Waals surface area contributed by atoms with Crippen LogP contribution >= 0.6 is 0 Å². The molecular formula is C48H50O8. The smallest absolute Gasteiger partial charge is 0.335 e. The highest BCUT2D eigenvalue weighted by Gasteiger charge is 2.20. The fraction of sp³-hybridized carbons (Fsp3) is 0.292. The summed E-state index contributed by atoms with van der Waals surface area (Å²) in [5, 5.41) is 9.29. The van der Waals surface area contributed by atoms with Gasteiger partial charge in [-0.05, 0) is 129 Å². The molecule has 4 rings (SSSR count). The van der Waals surface area contributed by atoms with Crippen molar-refractivity contribution in [1.82, 2.24) is 0 Å². The van der Waals surface area contributed by atoms with Gasteiger partial charge in [0.25, 0.3) is 0 Å². The van der Waals surface area contributed by atoms with Gasteiger partial charge in [-0.15, -0.1) is 0 Å². The highest BCUT2D eigenvalue weighted by atomic mass is 16.6. The summed E-state index contributed by atoms with van der Waals surface area (Å²) < 4.78 is 27.7. The Morgan fingerprint density at radius 2 is 1.00 bits per heavy atom. The molecule has 0 aromatic heterocycles. The van der Waals surface area contributed by atoms with Gasteiger partial charge >= 0.3 is 11.9 Å². The molecule has 4 aromatic carbocycles. The van der Waals surface area contributed by atoms with Gasteiger partial charge in [-0.25, -0.2) is 9.59 Å². The van der Waals surface area contributed by atoms with Crippen LogP contribution in [0.2, 0.25) is 0 Å². The Morgan fingerprint density at radius 1 is 0.589 bits per heavy atom. The van der Waals surface area contributed by atoms with Crippen LogP contribution in [-0.2, 0) is 36.6 Å². The Labute approximate surface area is 331 Å². The maximum atomic E-state index is 12.1. The van der Waals surface area contributed by atoms with Crippen LogP contribution in [0.5, 0.6) is 11.5 Å². The van der Waals surface area contributed by atoms with Gasteiger partial charge in [-0.2, -0.15) is 0 Å². The molecule has 0 radical (unpaired) electrons. The third-order valence-corrected chi connectivity index (χ3v) is 8.44. The van der Waals surface area contributed by atoms with E-state index >= 15 is 0 Å². The number of esters is 1. The summed E-state index contributed by atoms with van der Waals surface area (Å²) in [4.78, 5) is 23.5. The second-order valence-corrected chi connectivity index (χ2v) is 12.7. The van der Waals surface area contributed by atoms with Crippen molar-refractivity contribution in [2.75, 3.05) is 33.0 Å². The minimum Gasteiger partial charge on any atom is -0.490 e. The van der Waals surface area contributed by atoms with Gasteiger partial charge in [0.05, 0.1) is 6.61 Å². The van der Waals surface area contributed by atoms with Crippen molar-refractivity contribution in [1.29, 1.82) is 0 Å². The molecule has 0 heterocycles. The number of carboxylic acid groups (broad SMARTS) is 1. The molecule has 290 valence electrons. The van der Waals surface area contributed by atoms with Gasteiger partial charge in [-0.1, -0.05) is 72.2 Å². The summed E-state index contributed by atoms with van der Waals surface area (Å²) >= 11 is 0. The molecular weight excluding hydrogens is 705 g/mol.